The minimum atomic E-state index is -0.604. The van der Waals surface area contributed by atoms with Gasteiger partial charge in [0.05, 0.1) is 19.3 Å². The van der Waals surface area contributed by atoms with Crippen LogP contribution in [0.4, 0.5) is 11.4 Å². The van der Waals surface area contributed by atoms with Crippen molar-refractivity contribution in [1.29, 1.82) is 0 Å². The molecule has 1 heterocycles. The lowest BCUT2D eigenvalue weighted by molar-refractivity contribution is -0.384. The van der Waals surface area contributed by atoms with Crippen LogP contribution in [0, 0.1) is 10.1 Å². The van der Waals surface area contributed by atoms with Crippen molar-refractivity contribution in [3.8, 4) is 5.75 Å². The lowest BCUT2D eigenvalue weighted by atomic mass is 10.2. The van der Waals surface area contributed by atoms with Crippen LogP contribution in [0.5, 0.6) is 5.75 Å². The molecule has 0 aliphatic rings. The van der Waals surface area contributed by atoms with Gasteiger partial charge in [0.25, 0.3) is 11.6 Å². The molecule has 0 saturated heterocycles. The molecule has 1 aromatic heterocycles. The van der Waals surface area contributed by atoms with E-state index in [9.17, 15) is 20.0 Å². The number of benzene rings is 1. The van der Waals surface area contributed by atoms with Gasteiger partial charge in [-0.25, -0.2) is 0 Å². The molecule has 6 nitrogen and oxygen atoms in total. The monoisotopic (exact) mass is 420 g/mol. The topological polar surface area (TPSA) is 92.5 Å². The molecule has 2 rings (SSSR count). The van der Waals surface area contributed by atoms with Gasteiger partial charge in [-0.15, -0.1) is 11.3 Å². The lowest BCUT2D eigenvalue weighted by Gasteiger charge is -2.05. The van der Waals surface area contributed by atoms with Crippen LogP contribution < -0.4 is 5.32 Å². The molecule has 1 aromatic carbocycles. The third kappa shape index (κ3) is 3.17. The quantitative estimate of drug-likeness (QED) is 0.442. The molecule has 0 saturated carbocycles. The molecule has 0 bridgehead atoms. The number of thiophene rings is 1. The second kappa shape index (κ2) is 5.90. The molecular formula is C11H6Br2N2O4S. The summed E-state index contributed by atoms with van der Waals surface area (Å²) in [4.78, 5) is 22.5. The van der Waals surface area contributed by atoms with Gasteiger partial charge in [-0.1, -0.05) is 0 Å². The second-order valence-electron chi connectivity index (χ2n) is 3.64. The summed E-state index contributed by atoms with van der Waals surface area (Å²) >= 11 is 7.73. The molecule has 0 aliphatic carbocycles. The van der Waals surface area contributed by atoms with E-state index < -0.39 is 10.8 Å². The number of rotatable bonds is 3. The van der Waals surface area contributed by atoms with E-state index >= 15 is 0 Å². The number of nitro benzene ring substituents is 1. The van der Waals surface area contributed by atoms with Gasteiger partial charge in [0.2, 0.25) is 0 Å². The number of carbonyl (C=O) groups excluding carboxylic acids is 1. The Morgan fingerprint density at radius 3 is 2.60 bits per heavy atom. The molecule has 0 aliphatic heterocycles. The van der Waals surface area contributed by atoms with E-state index in [0.717, 1.165) is 26.5 Å². The zero-order valence-corrected chi connectivity index (χ0v) is 13.6. The molecule has 20 heavy (non-hydrogen) atoms. The second-order valence-corrected chi connectivity index (χ2v) is 6.87. The molecule has 0 unspecified atom stereocenters. The van der Waals surface area contributed by atoms with Gasteiger partial charge in [0, 0.05) is 16.6 Å². The van der Waals surface area contributed by atoms with Crippen molar-refractivity contribution in [3.63, 3.8) is 0 Å². The average Bonchev–Trinajstić information content (AvgIpc) is 2.72. The van der Waals surface area contributed by atoms with Crippen molar-refractivity contribution in [2.45, 2.75) is 0 Å². The average molecular weight is 422 g/mol. The lowest BCUT2D eigenvalue weighted by Crippen LogP contribution is -2.10. The van der Waals surface area contributed by atoms with Crippen LogP contribution >= 0.6 is 43.2 Å². The molecule has 9 heteroatoms. The number of nitrogens with one attached hydrogen (secondary N) is 1. The minimum Gasteiger partial charge on any atom is -0.506 e. The molecule has 0 spiro atoms. The zero-order chi connectivity index (χ0) is 14.9. The standard InChI is InChI=1S/C11H6Br2N2O4S/c12-6-4-9(20-10(6)13)11(17)14-7-3-5(15(18)19)1-2-8(7)16/h1-4,16H,(H,14,17). The van der Waals surface area contributed by atoms with Gasteiger partial charge in [-0.05, 0) is 44.0 Å². The van der Waals surface area contributed by atoms with E-state index in [-0.39, 0.29) is 17.1 Å². The fraction of sp³-hybridized carbons (Fsp3) is 0. The Balaban J connectivity index is 2.27. The summed E-state index contributed by atoms with van der Waals surface area (Å²) in [6.07, 6.45) is 0. The predicted octanol–water partition coefficient (Wildman–Crippen LogP) is 4.14. The molecular weight excluding hydrogens is 416 g/mol. The van der Waals surface area contributed by atoms with Crippen molar-refractivity contribution in [1.82, 2.24) is 0 Å². The van der Waals surface area contributed by atoms with Crippen molar-refractivity contribution in [2.24, 2.45) is 0 Å². The molecule has 0 atom stereocenters. The van der Waals surface area contributed by atoms with Crippen LogP contribution in [0.2, 0.25) is 0 Å². The van der Waals surface area contributed by atoms with Gasteiger partial charge >= 0.3 is 0 Å². The number of nitro groups is 1. The maximum atomic E-state index is 12.0. The maximum absolute atomic E-state index is 12.0. The number of amides is 1. The van der Waals surface area contributed by atoms with Crippen molar-refractivity contribution in [3.05, 3.63) is 47.5 Å². The normalized spacial score (nSPS) is 10.3. The zero-order valence-electron chi connectivity index (χ0n) is 9.59. The fourth-order valence-corrected chi connectivity index (χ4v) is 3.31. The van der Waals surface area contributed by atoms with Crippen LogP contribution in [0.3, 0.4) is 0 Å². The number of phenolic OH excluding ortho intramolecular Hbond substituents is 1. The smallest absolute Gasteiger partial charge is 0.271 e. The number of carbonyl (C=O) groups is 1. The van der Waals surface area contributed by atoms with Gasteiger partial charge in [-0.3, -0.25) is 14.9 Å². The summed E-state index contributed by atoms with van der Waals surface area (Å²) in [5.41, 5.74) is -0.225. The molecule has 2 N–H and O–H groups in total. The molecule has 0 radical (unpaired) electrons. The van der Waals surface area contributed by atoms with Crippen molar-refractivity contribution >= 4 is 60.5 Å². The van der Waals surface area contributed by atoms with Gasteiger partial charge in [0.1, 0.15) is 5.75 Å². The third-order valence-corrected chi connectivity index (χ3v) is 5.56. The summed E-state index contributed by atoms with van der Waals surface area (Å²) in [6.45, 7) is 0. The first-order chi connectivity index (χ1) is 9.38. The molecule has 2 aromatic rings. The number of phenols is 1. The van der Waals surface area contributed by atoms with E-state index in [1.165, 1.54) is 11.3 Å². The van der Waals surface area contributed by atoms with E-state index in [4.69, 9.17) is 0 Å². The summed E-state index contributed by atoms with van der Waals surface area (Å²) in [6, 6.07) is 5.03. The Bertz CT molecular complexity index is 682. The van der Waals surface area contributed by atoms with E-state index in [1.807, 2.05) is 0 Å². The predicted molar refractivity (Wildman–Crippen MR) is 82.4 cm³/mol. The third-order valence-electron chi connectivity index (χ3n) is 2.31. The highest BCUT2D eigenvalue weighted by atomic mass is 79.9. The van der Waals surface area contributed by atoms with Crippen LogP contribution in [0.15, 0.2) is 32.5 Å². The van der Waals surface area contributed by atoms with Crippen LogP contribution in [-0.4, -0.2) is 15.9 Å². The van der Waals surface area contributed by atoms with E-state index in [2.05, 4.69) is 37.2 Å². The summed E-state index contributed by atoms with van der Waals surface area (Å²) in [5, 5.41) is 22.7. The molecule has 0 fully saturated rings. The van der Waals surface area contributed by atoms with Crippen molar-refractivity contribution < 1.29 is 14.8 Å². The van der Waals surface area contributed by atoms with E-state index in [1.54, 1.807) is 6.07 Å². The molecule has 104 valence electrons. The summed E-state index contributed by atoms with van der Waals surface area (Å²) < 4.78 is 1.49. The SMILES string of the molecule is O=C(Nc1cc([N+](=O)[O-])ccc1O)c1cc(Br)c(Br)s1. The number of anilines is 1. The largest absolute Gasteiger partial charge is 0.506 e. The fourth-order valence-electron chi connectivity index (χ4n) is 1.38. The van der Waals surface area contributed by atoms with Crippen LogP contribution in [0.25, 0.3) is 0 Å². The number of hydrogen-bond acceptors (Lipinski definition) is 5. The molecule has 1 amide bonds. The van der Waals surface area contributed by atoms with Crippen LogP contribution in [-0.2, 0) is 0 Å². The summed E-state index contributed by atoms with van der Waals surface area (Å²) in [5.74, 6) is -0.698. The van der Waals surface area contributed by atoms with Gasteiger partial charge in [0.15, 0.2) is 0 Å². The maximum Gasteiger partial charge on any atom is 0.271 e. The highest BCUT2D eigenvalue weighted by molar-refractivity contribution is 9.13. The first-order valence-electron chi connectivity index (χ1n) is 5.12. The minimum absolute atomic E-state index is 0.00940. The Morgan fingerprint density at radius 1 is 1.35 bits per heavy atom. The number of aromatic hydroxyl groups is 1. The van der Waals surface area contributed by atoms with Crippen LogP contribution in [0.1, 0.15) is 9.67 Å². The first kappa shape index (κ1) is 14.9. The Kier molecular flexibility index (Phi) is 4.41. The first-order valence-corrected chi connectivity index (χ1v) is 7.52. The Hall–Kier alpha value is -1.45. The number of non-ortho nitro benzene ring substituents is 1. The van der Waals surface area contributed by atoms with Gasteiger partial charge in [-0.2, -0.15) is 0 Å². The highest BCUT2D eigenvalue weighted by Crippen LogP contribution is 2.34. The number of nitrogens with zero attached hydrogens (tertiary/aromatic N) is 1. The Labute approximate surface area is 133 Å². The number of hydrogen-bond donors (Lipinski definition) is 2. The Morgan fingerprint density at radius 2 is 2.05 bits per heavy atom. The van der Waals surface area contributed by atoms with Gasteiger partial charge < -0.3 is 10.4 Å². The van der Waals surface area contributed by atoms with Crippen molar-refractivity contribution in [2.75, 3.05) is 5.32 Å². The number of halogens is 2. The van der Waals surface area contributed by atoms with E-state index in [0.29, 0.717) is 4.88 Å². The highest BCUT2D eigenvalue weighted by Gasteiger charge is 2.16. The summed E-state index contributed by atoms with van der Waals surface area (Å²) in [7, 11) is 0.